The summed E-state index contributed by atoms with van der Waals surface area (Å²) in [5.41, 5.74) is 2.37. The highest BCUT2D eigenvalue weighted by molar-refractivity contribution is 9.10. The standard InChI is InChI=1S/C18H14Br2N4OS/c19-14-9-21-24(11-14)10-12-5-7-13(8-6-12)17(25)23-18(26)22-16-4-2-1-3-15(16)20/h1-9,11H,10H2,(H2,22,23,25,26). The zero-order valence-electron chi connectivity index (χ0n) is 13.4. The first-order valence-corrected chi connectivity index (χ1v) is 9.64. The number of amides is 1. The van der Waals surface area contributed by atoms with E-state index in [0.717, 1.165) is 20.2 Å². The number of nitrogens with zero attached hydrogens (tertiary/aromatic N) is 2. The fourth-order valence-corrected chi connectivity index (χ4v) is 3.18. The Kier molecular flexibility index (Phi) is 6.18. The molecule has 0 saturated carbocycles. The Morgan fingerprint density at radius 2 is 1.85 bits per heavy atom. The first-order valence-electron chi connectivity index (χ1n) is 7.65. The second-order valence-corrected chi connectivity index (χ2v) is 7.62. The Hall–Kier alpha value is -2.03. The molecule has 1 amide bonds. The first-order chi connectivity index (χ1) is 12.5. The highest BCUT2D eigenvalue weighted by Crippen LogP contribution is 2.21. The highest BCUT2D eigenvalue weighted by Gasteiger charge is 2.09. The monoisotopic (exact) mass is 492 g/mol. The molecule has 0 radical (unpaired) electrons. The minimum atomic E-state index is -0.261. The van der Waals surface area contributed by atoms with Crippen LogP contribution in [0.4, 0.5) is 5.69 Å². The van der Waals surface area contributed by atoms with Crippen LogP contribution in [0.5, 0.6) is 0 Å². The van der Waals surface area contributed by atoms with Gasteiger partial charge in [0.1, 0.15) is 0 Å². The number of thiocarbonyl (C=S) groups is 1. The largest absolute Gasteiger partial charge is 0.331 e. The number of anilines is 1. The predicted molar refractivity (Wildman–Crippen MR) is 113 cm³/mol. The maximum atomic E-state index is 12.3. The van der Waals surface area contributed by atoms with Gasteiger partial charge < -0.3 is 5.32 Å². The number of hydrogen-bond donors (Lipinski definition) is 2. The van der Waals surface area contributed by atoms with Crippen molar-refractivity contribution in [2.45, 2.75) is 6.54 Å². The second kappa shape index (κ2) is 8.57. The van der Waals surface area contributed by atoms with Crippen molar-refractivity contribution in [1.82, 2.24) is 15.1 Å². The van der Waals surface area contributed by atoms with E-state index in [9.17, 15) is 4.79 Å². The third kappa shape index (κ3) is 5.00. The fraction of sp³-hybridized carbons (Fsp3) is 0.0556. The van der Waals surface area contributed by atoms with Crippen molar-refractivity contribution in [2.75, 3.05) is 5.32 Å². The summed E-state index contributed by atoms with van der Waals surface area (Å²) in [5.74, 6) is -0.261. The van der Waals surface area contributed by atoms with E-state index in [-0.39, 0.29) is 11.0 Å². The van der Waals surface area contributed by atoms with Crippen molar-refractivity contribution >= 4 is 60.8 Å². The molecule has 0 unspecified atom stereocenters. The number of aromatic nitrogens is 2. The van der Waals surface area contributed by atoms with E-state index in [0.29, 0.717) is 12.1 Å². The van der Waals surface area contributed by atoms with Crippen molar-refractivity contribution in [3.63, 3.8) is 0 Å². The van der Waals surface area contributed by atoms with Crippen LogP contribution in [0.25, 0.3) is 0 Å². The smallest absolute Gasteiger partial charge is 0.257 e. The van der Waals surface area contributed by atoms with E-state index in [1.807, 2.05) is 47.3 Å². The van der Waals surface area contributed by atoms with Crippen molar-refractivity contribution in [3.05, 3.63) is 81.0 Å². The number of nitrogens with one attached hydrogen (secondary N) is 2. The molecule has 0 aliphatic rings. The first kappa shape index (κ1) is 18.8. The molecule has 3 rings (SSSR count). The quantitative estimate of drug-likeness (QED) is 0.522. The third-order valence-electron chi connectivity index (χ3n) is 3.51. The molecule has 0 aliphatic carbocycles. The maximum Gasteiger partial charge on any atom is 0.257 e. The molecule has 8 heteroatoms. The Morgan fingerprint density at radius 3 is 2.50 bits per heavy atom. The van der Waals surface area contributed by atoms with E-state index in [4.69, 9.17) is 12.2 Å². The van der Waals surface area contributed by atoms with Crippen LogP contribution < -0.4 is 10.6 Å². The Morgan fingerprint density at radius 1 is 1.12 bits per heavy atom. The average molecular weight is 494 g/mol. The third-order valence-corrected chi connectivity index (χ3v) is 4.82. The lowest BCUT2D eigenvalue weighted by atomic mass is 10.1. The predicted octanol–water partition coefficient (Wildman–Crippen LogP) is 4.58. The lowest BCUT2D eigenvalue weighted by Crippen LogP contribution is -2.34. The maximum absolute atomic E-state index is 12.3. The zero-order valence-corrected chi connectivity index (χ0v) is 17.4. The van der Waals surface area contributed by atoms with Gasteiger partial charge in [-0.3, -0.25) is 14.8 Å². The number of halogens is 2. The number of benzene rings is 2. The Bertz CT molecular complexity index is 940. The minimum absolute atomic E-state index is 0.243. The van der Waals surface area contributed by atoms with Gasteiger partial charge in [0.05, 0.1) is 22.9 Å². The average Bonchev–Trinajstić information content (AvgIpc) is 3.02. The van der Waals surface area contributed by atoms with Crippen LogP contribution in [-0.2, 0) is 6.54 Å². The molecule has 2 aromatic carbocycles. The van der Waals surface area contributed by atoms with Gasteiger partial charge in [-0.05, 0) is 73.9 Å². The summed E-state index contributed by atoms with van der Waals surface area (Å²) in [6.45, 7) is 0.634. The number of rotatable bonds is 4. The van der Waals surface area contributed by atoms with Crippen LogP contribution in [0.15, 0.2) is 69.9 Å². The number of hydrogen-bond acceptors (Lipinski definition) is 3. The summed E-state index contributed by atoms with van der Waals surface area (Å²) in [4.78, 5) is 12.3. The van der Waals surface area contributed by atoms with Crippen molar-refractivity contribution in [3.8, 4) is 0 Å². The highest BCUT2D eigenvalue weighted by atomic mass is 79.9. The summed E-state index contributed by atoms with van der Waals surface area (Å²) in [6, 6.07) is 14.9. The van der Waals surface area contributed by atoms with E-state index in [1.165, 1.54) is 0 Å². The molecule has 5 nitrogen and oxygen atoms in total. The SMILES string of the molecule is O=C(NC(=S)Nc1ccccc1Br)c1ccc(Cn2cc(Br)cn2)cc1. The van der Waals surface area contributed by atoms with Gasteiger partial charge in [0.25, 0.3) is 5.91 Å². The second-order valence-electron chi connectivity index (χ2n) is 5.44. The van der Waals surface area contributed by atoms with Gasteiger partial charge >= 0.3 is 0 Å². The molecule has 0 fully saturated rings. The lowest BCUT2D eigenvalue weighted by Gasteiger charge is -2.11. The van der Waals surface area contributed by atoms with Gasteiger partial charge in [-0.15, -0.1) is 0 Å². The molecule has 0 saturated heterocycles. The molecule has 0 aliphatic heterocycles. The summed E-state index contributed by atoms with van der Waals surface area (Å²) in [7, 11) is 0. The molecule has 3 aromatic rings. The summed E-state index contributed by atoms with van der Waals surface area (Å²) in [6.07, 6.45) is 3.63. The van der Waals surface area contributed by atoms with Gasteiger partial charge in [0.2, 0.25) is 0 Å². The van der Waals surface area contributed by atoms with Gasteiger partial charge in [-0.2, -0.15) is 5.10 Å². The molecule has 1 heterocycles. The molecule has 26 heavy (non-hydrogen) atoms. The zero-order chi connectivity index (χ0) is 18.5. The van der Waals surface area contributed by atoms with Crippen LogP contribution in [0.3, 0.4) is 0 Å². The van der Waals surface area contributed by atoms with Crippen molar-refractivity contribution in [2.24, 2.45) is 0 Å². The van der Waals surface area contributed by atoms with E-state index in [2.05, 4.69) is 47.6 Å². The number of carbonyl (C=O) groups excluding carboxylic acids is 1. The fourth-order valence-electron chi connectivity index (χ4n) is 2.26. The van der Waals surface area contributed by atoms with E-state index >= 15 is 0 Å². The molecule has 0 spiro atoms. The number of carbonyl (C=O) groups is 1. The summed E-state index contributed by atoms with van der Waals surface area (Å²) < 4.78 is 3.61. The molecule has 1 aromatic heterocycles. The topological polar surface area (TPSA) is 59.0 Å². The van der Waals surface area contributed by atoms with Gasteiger partial charge in [-0.1, -0.05) is 24.3 Å². The molecule has 132 valence electrons. The summed E-state index contributed by atoms with van der Waals surface area (Å²) in [5, 5.41) is 10.1. The van der Waals surface area contributed by atoms with Gasteiger partial charge in [0.15, 0.2) is 5.11 Å². The Labute approximate surface area is 173 Å². The molecular weight excluding hydrogens is 480 g/mol. The van der Waals surface area contributed by atoms with Crippen LogP contribution >= 0.6 is 44.1 Å². The van der Waals surface area contributed by atoms with Crippen LogP contribution in [-0.4, -0.2) is 20.8 Å². The molecule has 2 N–H and O–H groups in total. The molecule has 0 atom stereocenters. The van der Waals surface area contributed by atoms with Crippen molar-refractivity contribution < 1.29 is 4.79 Å². The molecule has 0 bridgehead atoms. The van der Waals surface area contributed by atoms with Gasteiger partial charge in [-0.25, -0.2) is 0 Å². The van der Waals surface area contributed by atoms with E-state index in [1.54, 1.807) is 18.3 Å². The summed E-state index contributed by atoms with van der Waals surface area (Å²) >= 11 is 12.0. The van der Waals surface area contributed by atoms with Crippen LogP contribution in [0, 0.1) is 0 Å². The van der Waals surface area contributed by atoms with Crippen LogP contribution in [0.2, 0.25) is 0 Å². The van der Waals surface area contributed by atoms with Crippen LogP contribution in [0.1, 0.15) is 15.9 Å². The van der Waals surface area contributed by atoms with E-state index < -0.39 is 0 Å². The minimum Gasteiger partial charge on any atom is -0.331 e. The lowest BCUT2D eigenvalue weighted by molar-refractivity contribution is 0.0977. The molecular formula is C18H14Br2N4OS. The Balaban J connectivity index is 1.59. The van der Waals surface area contributed by atoms with Gasteiger partial charge in [0, 0.05) is 16.2 Å². The normalized spacial score (nSPS) is 10.4. The number of para-hydroxylation sites is 1. The van der Waals surface area contributed by atoms with Crippen molar-refractivity contribution in [1.29, 1.82) is 0 Å².